The van der Waals surface area contributed by atoms with Crippen molar-refractivity contribution in [3.05, 3.63) is 90.0 Å². The molecule has 51 heavy (non-hydrogen) atoms. The van der Waals surface area contributed by atoms with Gasteiger partial charge in [0, 0.05) is 25.9 Å². The van der Waals surface area contributed by atoms with Crippen molar-refractivity contribution in [2.45, 2.75) is 37.0 Å². The summed E-state index contributed by atoms with van der Waals surface area (Å²) in [5.41, 5.74) is 1.09. The summed E-state index contributed by atoms with van der Waals surface area (Å²) in [4.78, 5) is 0. The second-order valence-corrected chi connectivity index (χ2v) is 15.9. The third-order valence-corrected chi connectivity index (χ3v) is 12.0. The Kier molecular flexibility index (Phi) is 12.2. The van der Waals surface area contributed by atoms with Crippen LogP contribution in [0.15, 0.2) is 89.2 Å². The van der Waals surface area contributed by atoms with Gasteiger partial charge in [-0.25, -0.2) is 8.42 Å². The highest BCUT2D eigenvalue weighted by atomic mass is 32.2. The molecule has 3 fully saturated rings. The van der Waals surface area contributed by atoms with Gasteiger partial charge in [-0.15, -0.1) is 0 Å². The van der Waals surface area contributed by atoms with Crippen LogP contribution in [0.5, 0.6) is 17.2 Å². The minimum absolute atomic E-state index is 0.0185. The molecule has 0 radical (unpaired) electrons. The molecule has 0 aliphatic carbocycles. The predicted molar refractivity (Wildman–Crippen MR) is 188 cm³/mol. The number of nitrogens with one attached hydrogen (secondary N) is 1. The molecular formula is C34H42N4O11S2. The topological polar surface area (TPSA) is 195 Å². The van der Waals surface area contributed by atoms with Crippen LogP contribution in [0.1, 0.15) is 24.0 Å². The first-order valence-electron chi connectivity index (χ1n) is 16.0. The van der Waals surface area contributed by atoms with Gasteiger partial charge in [-0.2, -0.15) is 12.7 Å². The molecule has 3 aliphatic heterocycles. The molecule has 3 aromatic carbocycles. The van der Waals surface area contributed by atoms with E-state index < -0.39 is 31.2 Å². The van der Waals surface area contributed by atoms with E-state index in [-0.39, 0.29) is 49.9 Å². The van der Waals surface area contributed by atoms with Crippen molar-refractivity contribution in [1.82, 2.24) is 9.62 Å². The van der Waals surface area contributed by atoms with E-state index in [4.69, 9.17) is 23.1 Å². The standard InChI is InChI=1S/C20H24N2O6S.C14H18N2O5S/c1-26-17-9-7-16(8-10-17)13-21-20(14-27-15-20)19(22-23)11-12-29(24,25)28-18-5-3-2-4-6-18;1-20-12-4-2-11(3-5-12)8-16-14(9-21-10-14)13(15-17)6-7-22(16,18)19/h2-10,21,23H,11-15H2,1H3;2-5,17H,6-10H2,1H3. The fourth-order valence-corrected chi connectivity index (χ4v) is 8.53. The molecular weight excluding hydrogens is 705 g/mol. The Bertz CT molecular complexity index is 1880. The molecule has 15 nitrogen and oxygen atoms in total. The number of rotatable bonds is 13. The molecule has 3 saturated heterocycles. The molecule has 0 amide bonds. The largest absolute Gasteiger partial charge is 0.497 e. The number of hydrogen-bond donors (Lipinski definition) is 3. The third kappa shape index (κ3) is 8.98. The Labute approximate surface area is 297 Å². The summed E-state index contributed by atoms with van der Waals surface area (Å²) in [6.45, 7) is 1.75. The van der Waals surface area contributed by atoms with E-state index in [1.165, 1.54) is 4.31 Å². The highest BCUT2D eigenvalue weighted by molar-refractivity contribution is 7.89. The molecule has 0 atom stereocenters. The number of methoxy groups -OCH3 is 2. The van der Waals surface area contributed by atoms with Crippen LogP contribution < -0.4 is 19.0 Å². The van der Waals surface area contributed by atoms with E-state index in [9.17, 15) is 27.3 Å². The Morgan fingerprint density at radius 3 is 1.94 bits per heavy atom. The molecule has 1 spiro atoms. The van der Waals surface area contributed by atoms with Crippen LogP contribution in [0, 0.1) is 0 Å². The highest BCUT2D eigenvalue weighted by Gasteiger charge is 2.56. The maximum Gasteiger partial charge on any atom is 0.309 e. The van der Waals surface area contributed by atoms with Gasteiger partial charge in [0.15, 0.2) is 0 Å². The second kappa shape index (κ2) is 16.4. The maximum absolute atomic E-state index is 12.5. The van der Waals surface area contributed by atoms with E-state index in [1.807, 2.05) is 36.4 Å². The van der Waals surface area contributed by atoms with Crippen molar-refractivity contribution >= 4 is 31.6 Å². The smallest absolute Gasteiger partial charge is 0.309 e. The molecule has 3 aliphatic rings. The van der Waals surface area contributed by atoms with E-state index in [0.717, 1.165) is 16.9 Å². The van der Waals surface area contributed by atoms with Gasteiger partial charge in [0.2, 0.25) is 10.0 Å². The number of ether oxygens (including phenoxy) is 4. The molecule has 3 N–H and O–H groups in total. The van der Waals surface area contributed by atoms with Gasteiger partial charge in [-0.3, -0.25) is 5.32 Å². The molecule has 276 valence electrons. The van der Waals surface area contributed by atoms with Crippen LogP contribution in [-0.4, -0.2) is 106 Å². The van der Waals surface area contributed by atoms with E-state index >= 15 is 0 Å². The number of oxime groups is 2. The Balaban J connectivity index is 0.000000205. The summed E-state index contributed by atoms with van der Waals surface area (Å²) in [7, 11) is -4.07. The minimum Gasteiger partial charge on any atom is -0.497 e. The highest BCUT2D eigenvalue weighted by Crippen LogP contribution is 2.36. The molecule has 0 saturated carbocycles. The Morgan fingerprint density at radius 2 is 1.45 bits per heavy atom. The minimum atomic E-state index is -3.83. The lowest BCUT2D eigenvalue weighted by Crippen LogP contribution is -2.70. The molecule has 3 aromatic rings. The zero-order valence-corrected chi connectivity index (χ0v) is 29.9. The molecule has 0 aromatic heterocycles. The van der Waals surface area contributed by atoms with E-state index in [2.05, 4.69) is 15.6 Å². The van der Waals surface area contributed by atoms with Gasteiger partial charge in [-0.05, 0) is 47.5 Å². The zero-order valence-electron chi connectivity index (χ0n) is 28.3. The fourth-order valence-electron chi connectivity index (χ4n) is 5.84. The summed E-state index contributed by atoms with van der Waals surface area (Å²) in [5.74, 6) is 1.35. The lowest BCUT2D eigenvalue weighted by molar-refractivity contribution is -0.0773. The SMILES string of the molecule is COc1ccc(CN2C3(COC3)C(=NO)CCS2(=O)=O)cc1.COc1ccc(CNC2(C(CCS(=O)(=O)Oc3ccccc3)=NO)COC2)cc1. The average molecular weight is 747 g/mol. The van der Waals surface area contributed by atoms with Crippen LogP contribution in [0.25, 0.3) is 0 Å². The van der Waals surface area contributed by atoms with Crippen LogP contribution in [0.4, 0.5) is 0 Å². The van der Waals surface area contributed by atoms with E-state index in [0.29, 0.717) is 36.9 Å². The van der Waals surface area contributed by atoms with Gasteiger partial charge in [0.25, 0.3) is 0 Å². The van der Waals surface area contributed by atoms with Crippen molar-refractivity contribution < 1.29 is 50.4 Å². The van der Waals surface area contributed by atoms with Gasteiger partial charge in [0.05, 0.1) is 63.6 Å². The van der Waals surface area contributed by atoms with Crippen molar-refractivity contribution in [3.63, 3.8) is 0 Å². The number of sulfonamides is 1. The summed E-state index contributed by atoms with van der Waals surface area (Å²) >= 11 is 0. The number of nitrogens with zero attached hydrogens (tertiary/aromatic N) is 3. The van der Waals surface area contributed by atoms with Gasteiger partial charge < -0.3 is 33.5 Å². The average Bonchev–Trinajstić information content (AvgIpc) is 3.10. The monoisotopic (exact) mass is 746 g/mol. The molecule has 17 heteroatoms. The molecule has 0 bridgehead atoms. The summed E-state index contributed by atoms with van der Waals surface area (Å²) in [5, 5.41) is 28.7. The van der Waals surface area contributed by atoms with Crippen molar-refractivity contribution in [1.29, 1.82) is 0 Å². The first-order chi connectivity index (χ1) is 24.5. The van der Waals surface area contributed by atoms with Crippen LogP contribution in [-0.2, 0) is 42.7 Å². The zero-order chi connectivity index (χ0) is 36.5. The molecule has 3 heterocycles. The van der Waals surface area contributed by atoms with Gasteiger partial charge in [-0.1, -0.05) is 52.8 Å². The van der Waals surface area contributed by atoms with Crippen LogP contribution in [0.2, 0.25) is 0 Å². The number of benzene rings is 3. The first-order valence-corrected chi connectivity index (χ1v) is 19.2. The van der Waals surface area contributed by atoms with Crippen molar-refractivity contribution in [2.24, 2.45) is 10.3 Å². The van der Waals surface area contributed by atoms with Crippen molar-refractivity contribution in [2.75, 3.05) is 52.2 Å². The normalized spacial score (nSPS) is 20.0. The Hall–Kier alpha value is -4.26. The van der Waals surface area contributed by atoms with Gasteiger partial charge in [0.1, 0.15) is 28.3 Å². The van der Waals surface area contributed by atoms with Gasteiger partial charge >= 0.3 is 10.1 Å². The Morgan fingerprint density at radius 1 is 0.863 bits per heavy atom. The second-order valence-electron chi connectivity index (χ2n) is 12.2. The lowest BCUT2D eigenvalue weighted by atomic mass is 9.88. The lowest BCUT2D eigenvalue weighted by Gasteiger charge is -2.51. The van der Waals surface area contributed by atoms with E-state index in [1.54, 1.807) is 56.7 Å². The first kappa shape index (κ1) is 38.0. The molecule has 6 rings (SSSR count). The van der Waals surface area contributed by atoms with Crippen molar-refractivity contribution in [3.8, 4) is 17.2 Å². The molecule has 0 unspecified atom stereocenters. The summed E-state index contributed by atoms with van der Waals surface area (Å²) in [6.07, 6.45) is 0.256. The summed E-state index contributed by atoms with van der Waals surface area (Å²) < 4.78 is 76.8. The van der Waals surface area contributed by atoms with Crippen LogP contribution in [0.3, 0.4) is 0 Å². The number of para-hydroxylation sites is 1. The maximum atomic E-state index is 12.5. The number of hydrogen-bond acceptors (Lipinski definition) is 14. The van der Waals surface area contributed by atoms with Crippen LogP contribution >= 0.6 is 0 Å². The third-order valence-electron chi connectivity index (χ3n) is 8.95. The predicted octanol–water partition coefficient (Wildman–Crippen LogP) is 3.01. The fraction of sp³-hybridized carbons (Fsp3) is 0.412. The summed E-state index contributed by atoms with van der Waals surface area (Å²) in [6, 6.07) is 23.1. The quantitative estimate of drug-likeness (QED) is 0.100.